The van der Waals surface area contributed by atoms with E-state index in [1.54, 1.807) is 0 Å². The Morgan fingerprint density at radius 2 is 2.09 bits per heavy atom. The van der Waals surface area contributed by atoms with Crippen molar-refractivity contribution in [3.63, 3.8) is 0 Å². The zero-order chi connectivity index (χ0) is 16.1. The summed E-state index contributed by atoms with van der Waals surface area (Å²) in [4.78, 5) is 11.3. The highest BCUT2D eigenvalue weighted by Gasteiger charge is 2.15. The van der Waals surface area contributed by atoms with Crippen LogP contribution in [0.3, 0.4) is 0 Å². The molecule has 3 heterocycles. The molecule has 0 radical (unpaired) electrons. The third-order valence-corrected chi connectivity index (χ3v) is 3.75. The number of aromatic nitrogens is 4. The summed E-state index contributed by atoms with van der Waals surface area (Å²) in [5.41, 5.74) is 2.12. The van der Waals surface area contributed by atoms with E-state index in [2.05, 4.69) is 38.4 Å². The molecule has 7 nitrogen and oxygen atoms in total. The minimum Gasteiger partial charge on any atom is -0.378 e. The van der Waals surface area contributed by atoms with Crippen molar-refractivity contribution in [3.8, 4) is 0 Å². The van der Waals surface area contributed by atoms with Gasteiger partial charge in [-0.25, -0.2) is 4.98 Å². The normalized spacial score (nSPS) is 15.0. The molecule has 2 aromatic rings. The zero-order valence-corrected chi connectivity index (χ0v) is 13.8. The number of anilines is 2. The largest absolute Gasteiger partial charge is 0.378 e. The Morgan fingerprint density at radius 3 is 2.87 bits per heavy atom. The molecule has 124 valence electrons. The maximum absolute atomic E-state index is 5.39. The molecule has 0 atom stereocenters. The van der Waals surface area contributed by atoms with Gasteiger partial charge in [0.2, 0.25) is 5.95 Å². The summed E-state index contributed by atoms with van der Waals surface area (Å²) < 4.78 is 7.36. The molecule has 1 fully saturated rings. The lowest BCUT2D eigenvalue weighted by Gasteiger charge is -2.27. The lowest BCUT2D eigenvalue weighted by Crippen LogP contribution is -2.37. The van der Waals surface area contributed by atoms with E-state index < -0.39 is 0 Å². The van der Waals surface area contributed by atoms with Gasteiger partial charge in [0.25, 0.3) is 0 Å². The molecule has 1 aliphatic heterocycles. The third-order valence-electron chi connectivity index (χ3n) is 3.75. The van der Waals surface area contributed by atoms with E-state index in [0.717, 1.165) is 62.3 Å². The van der Waals surface area contributed by atoms with Gasteiger partial charge >= 0.3 is 0 Å². The number of nitrogens with one attached hydrogen (secondary N) is 1. The van der Waals surface area contributed by atoms with Crippen LogP contribution in [0.4, 0.5) is 11.8 Å². The highest BCUT2D eigenvalue weighted by Crippen LogP contribution is 2.15. The fourth-order valence-corrected chi connectivity index (χ4v) is 2.59. The molecular formula is C16H24N6O. The summed E-state index contributed by atoms with van der Waals surface area (Å²) in [5, 5.41) is 7.72. The van der Waals surface area contributed by atoms with Gasteiger partial charge in [-0.2, -0.15) is 10.1 Å². The molecule has 0 aromatic carbocycles. The first-order valence-corrected chi connectivity index (χ1v) is 8.18. The minimum atomic E-state index is 0.711. The van der Waals surface area contributed by atoms with Crippen molar-refractivity contribution < 1.29 is 4.74 Å². The molecule has 3 rings (SSSR count). The lowest BCUT2D eigenvalue weighted by atomic mass is 10.3. The van der Waals surface area contributed by atoms with Gasteiger partial charge < -0.3 is 15.0 Å². The molecule has 0 bridgehead atoms. The van der Waals surface area contributed by atoms with Crippen molar-refractivity contribution in [1.29, 1.82) is 0 Å². The van der Waals surface area contributed by atoms with Crippen LogP contribution in [0.15, 0.2) is 18.5 Å². The molecule has 0 aliphatic carbocycles. The van der Waals surface area contributed by atoms with Gasteiger partial charge in [0.1, 0.15) is 5.82 Å². The fraction of sp³-hybridized carbons (Fsp3) is 0.562. The topological polar surface area (TPSA) is 68.1 Å². The Bertz CT molecular complexity index is 635. The van der Waals surface area contributed by atoms with Gasteiger partial charge in [-0.3, -0.25) is 4.68 Å². The van der Waals surface area contributed by atoms with Crippen LogP contribution < -0.4 is 10.2 Å². The van der Waals surface area contributed by atoms with Gasteiger partial charge in [-0.1, -0.05) is 6.92 Å². The third kappa shape index (κ3) is 4.19. The van der Waals surface area contributed by atoms with E-state index in [0.29, 0.717) is 6.54 Å². The van der Waals surface area contributed by atoms with Gasteiger partial charge in [-0.15, -0.1) is 0 Å². The molecule has 1 saturated heterocycles. The second-order valence-corrected chi connectivity index (χ2v) is 5.76. The van der Waals surface area contributed by atoms with Crippen LogP contribution in [0, 0.1) is 6.92 Å². The second-order valence-electron chi connectivity index (χ2n) is 5.76. The standard InChI is InChI=1S/C16H24N6O/c1-3-4-22-12-14(11-18-22)10-17-15-9-13(2)19-16(20-15)21-5-7-23-8-6-21/h9,11-12H,3-8,10H2,1-2H3,(H,17,19,20). The summed E-state index contributed by atoms with van der Waals surface area (Å²) in [6, 6.07) is 1.97. The Balaban J connectivity index is 1.65. The van der Waals surface area contributed by atoms with Gasteiger partial charge in [0, 0.05) is 49.7 Å². The monoisotopic (exact) mass is 316 g/mol. The number of hydrogen-bond donors (Lipinski definition) is 1. The number of morpholine rings is 1. The number of nitrogens with zero attached hydrogens (tertiary/aromatic N) is 5. The average molecular weight is 316 g/mol. The molecule has 7 heteroatoms. The van der Waals surface area contributed by atoms with Gasteiger partial charge in [0.05, 0.1) is 19.4 Å². The molecule has 23 heavy (non-hydrogen) atoms. The fourth-order valence-electron chi connectivity index (χ4n) is 2.59. The van der Waals surface area contributed by atoms with Crippen molar-refractivity contribution in [2.45, 2.75) is 33.4 Å². The molecular weight excluding hydrogens is 292 g/mol. The van der Waals surface area contributed by atoms with Crippen molar-refractivity contribution in [2.24, 2.45) is 0 Å². The van der Waals surface area contributed by atoms with E-state index in [1.165, 1.54) is 0 Å². The first kappa shape index (κ1) is 15.7. The highest BCUT2D eigenvalue weighted by atomic mass is 16.5. The Labute approximate surface area is 136 Å². The van der Waals surface area contributed by atoms with E-state index in [4.69, 9.17) is 4.74 Å². The summed E-state index contributed by atoms with van der Waals surface area (Å²) in [7, 11) is 0. The van der Waals surface area contributed by atoms with Crippen molar-refractivity contribution in [2.75, 3.05) is 36.5 Å². The molecule has 0 saturated carbocycles. The van der Waals surface area contributed by atoms with E-state index >= 15 is 0 Å². The first-order chi connectivity index (χ1) is 11.2. The van der Waals surface area contributed by atoms with Crippen LogP contribution in [-0.4, -0.2) is 46.1 Å². The number of ether oxygens (including phenoxy) is 1. The Hall–Kier alpha value is -2.15. The molecule has 0 unspecified atom stereocenters. The molecule has 1 N–H and O–H groups in total. The van der Waals surface area contributed by atoms with Crippen molar-refractivity contribution >= 4 is 11.8 Å². The van der Waals surface area contributed by atoms with Gasteiger partial charge in [0.15, 0.2) is 0 Å². The quantitative estimate of drug-likeness (QED) is 0.877. The van der Waals surface area contributed by atoms with Crippen molar-refractivity contribution in [1.82, 2.24) is 19.7 Å². The lowest BCUT2D eigenvalue weighted by molar-refractivity contribution is 0.122. The number of aryl methyl sites for hydroxylation is 2. The summed E-state index contributed by atoms with van der Waals surface area (Å²) in [6.07, 6.45) is 5.07. The smallest absolute Gasteiger partial charge is 0.227 e. The van der Waals surface area contributed by atoms with Crippen LogP contribution in [-0.2, 0) is 17.8 Å². The Morgan fingerprint density at radius 1 is 1.26 bits per heavy atom. The van der Waals surface area contributed by atoms with Crippen LogP contribution >= 0.6 is 0 Å². The zero-order valence-electron chi connectivity index (χ0n) is 13.8. The first-order valence-electron chi connectivity index (χ1n) is 8.18. The van der Waals surface area contributed by atoms with Crippen LogP contribution in [0.2, 0.25) is 0 Å². The van der Waals surface area contributed by atoms with E-state index in [-0.39, 0.29) is 0 Å². The molecule has 0 spiro atoms. The second kappa shape index (κ2) is 7.41. The summed E-state index contributed by atoms with van der Waals surface area (Å²) in [5.74, 6) is 1.62. The predicted octanol–water partition coefficient (Wildman–Crippen LogP) is 1.84. The molecule has 0 amide bonds. The number of hydrogen-bond acceptors (Lipinski definition) is 6. The average Bonchev–Trinajstić information content (AvgIpc) is 3.01. The highest BCUT2D eigenvalue weighted by molar-refractivity contribution is 5.44. The van der Waals surface area contributed by atoms with E-state index in [9.17, 15) is 0 Å². The van der Waals surface area contributed by atoms with Crippen LogP contribution in [0.25, 0.3) is 0 Å². The summed E-state index contributed by atoms with van der Waals surface area (Å²) in [6.45, 7) is 8.95. The maximum Gasteiger partial charge on any atom is 0.227 e. The molecule has 2 aromatic heterocycles. The predicted molar refractivity (Wildman–Crippen MR) is 89.6 cm³/mol. The van der Waals surface area contributed by atoms with Gasteiger partial charge in [-0.05, 0) is 13.3 Å². The van der Waals surface area contributed by atoms with Crippen molar-refractivity contribution in [3.05, 3.63) is 29.7 Å². The summed E-state index contributed by atoms with van der Waals surface area (Å²) >= 11 is 0. The number of rotatable bonds is 6. The minimum absolute atomic E-state index is 0.711. The maximum atomic E-state index is 5.39. The SMILES string of the molecule is CCCn1cc(CNc2cc(C)nc(N3CCOCC3)n2)cn1. The Kier molecular flexibility index (Phi) is 5.07. The van der Waals surface area contributed by atoms with Crippen LogP contribution in [0.5, 0.6) is 0 Å². The molecule has 1 aliphatic rings. The van der Waals surface area contributed by atoms with E-state index in [1.807, 2.05) is 23.9 Å². The van der Waals surface area contributed by atoms with Crippen LogP contribution in [0.1, 0.15) is 24.6 Å².